The van der Waals surface area contributed by atoms with Crippen molar-refractivity contribution in [1.82, 2.24) is 19.8 Å². The summed E-state index contributed by atoms with van der Waals surface area (Å²) in [4.78, 5) is 24.1. The van der Waals surface area contributed by atoms with Crippen molar-refractivity contribution in [3.63, 3.8) is 0 Å². The number of halogens is 1. The summed E-state index contributed by atoms with van der Waals surface area (Å²) in [6, 6.07) is 5.08. The van der Waals surface area contributed by atoms with Crippen LogP contribution in [-0.2, 0) is 6.54 Å². The van der Waals surface area contributed by atoms with Crippen molar-refractivity contribution in [3.05, 3.63) is 46.5 Å². The Balaban J connectivity index is 2.23. The molecular formula is C17H23ClN4O2. The fourth-order valence-corrected chi connectivity index (χ4v) is 2.54. The van der Waals surface area contributed by atoms with E-state index in [0.29, 0.717) is 29.4 Å². The number of hydrogen-bond donors (Lipinski definition) is 1. The van der Waals surface area contributed by atoms with E-state index in [1.165, 1.54) is 0 Å². The van der Waals surface area contributed by atoms with E-state index in [1.54, 1.807) is 36.5 Å². The van der Waals surface area contributed by atoms with Gasteiger partial charge in [0.25, 0.3) is 5.91 Å². The van der Waals surface area contributed by atoms with Crippen LogP contribution in [-0.4, -0.2) is 60.0 Å². The Labute approximate surface area is 147 Å². The molecule has 0 saturated carbocycles. The molecule has 0 aliphatic carbocycles. The molecular weight excluding hydrogens is 328 g/mol. The van der Waals surface area contributed by atoms with E-state index in [-0.39, 0.29) is 5.91 Å². The number of H-pyrrole nitrogens is 1. The summed E-state index contributed by atoms with van der Waals surface area (Å²) in [5.41, 5.74) is 2.36. The number of nitrogens with one attached hydrogen (secondary N) is 1. The van der Waals surface area contributed by atoms with Crippen molar-refractivity contribution in [3.8, 4) is 5.75 Å². The van der Waals surface area contributed by atoms with Crippen molar-refractivity contribution >= 4 is 17.5 Å². The molecule has 1 aromatic carbocycles. The molecule has 0 aliphatic heterocycles. The lowest BCUT2D eigenvalue weighted by atomic mass is 10.1. The van der Waals surface area contributed by atoms with Gasteiger partial charge in [-0.3, -0.25) is 4.79 Å². The summed E-state index contributed by atoms with van der Waals surface area (Å²) in [7, 11) is 5.51. The molecule has 6 nitrogen and oxygen atoms in total. The zero-order chi connectivity index (χ0) is 17.7. The molecule has 0 radical (unpaired) electrons. The maximum absolute atomic E-state index is 12.9. The van der Waals surface area contributed by atoms with Crippen LogP contribution in [0.25, 0.3) is 0 Å². The van der Waals surface area contributed by atoms with Gasteiger partial charge in [-0.25, -0.2) is 4.98 Å². The number of aromatic nitrogens is 2. The van der Waals surface area contributed by atoms with Crippen LogP contribution in [0.2, 0.25) is 5.02 Å². The normalized spacial score (nSPS) is 10.9. The molecule has 2 aromatic rings. The van der Waals surface area contributed by atoms with Crippen LogP contribution in [0.1, 0.15) is 21.7 Å². The summed E-state index contributed by atoms with van der Waals surface area (Å²) in [5.74, 6) is 0.472. The van der Waals surface area contributed by atoms with E-state index in [1.807, 2.05) is 25.9 Å². The molecule has 0 saturated heterocycles. The number of methoxy groups -OCH3 is 1. The van der Waals surface area contributed by atoms with Crippen LogP contribution in [0.5, 0.6) is 5.75 Å². The first-order valence-electron chi connectivity index (χ1n) is 7.68. The Morgan fingerprint density at radius 1 is 1.33 bits per heavy atom. The Morgan fingerprint density at radius 3 is 2.62 bits per heavy atom. The number of likely N-dealkylation sites (N-methyl/N-ethyl adjacent to an activating group) is 1. The number of aryl methyl sites for hydroxylation is 1. The van der Waals surface area contributed by atoms with E-state index in [2.05, 4.69) is 9.97 Å². The second kappa shape index (κ2) is 8.17. The predicted octanol–water partition coefficient (Wildman–Crippen LogP) is 2.58. The van der Waals surface area contributed by atoms with Crippen molar-refractivity contribution in [2.75, 3.05) is 34.3 Å². The molecule has 1 N–H and O–H groups in total. The largest absolute Gasteiger partial charge is 0.495 e. The van der Waals surface area contributed by atoms with E-state index in [4.69, 9.17) is 16.3 Å². The third-order valence-corrected chi connectivity index (χ3v) is 4.07. The molecule has 24 heavy (non-hydrogen) atoms. The number of nitrogens with zero attached hydrogens (tertiary/aromatic N) is 3. The highest BCUT2D eigenvalue weighted by Crippen LogP contribution is 2.25. The average Bonchev–Trinajstić information content (AvgIpc) is 2.95. The summed E-state index contributed by atoms with van der Waals surface area (Å²) in [6.07, 6.45) is 1.64. The van der Waals surface area contributed by atoms with Gasteiger partial charge in [-0.05, 0) is 39.2 Å². The van der Waals surface area contributed by atoms with Crippen LogP contribution in [0, 0.1) is 6.92 Å². The third kappa shape index (κ3) is 4.49. The molecule has 130 valence electrons. The Morgan fingerprint density at radius 2 is 2.08 bits per heavy atom. The van der Waals surface area contributed by atoms with Crippen LogP contribution in [0.4, 0.5) is 0 Å². The molecule has 1 amide bonds. The van der Waals surface area contributed by atoms with Gasteiger partial charge in [0.1, 0.15) is 5.75 Å². The quantitative estimate of drug-likeness (QED) is 0.833. The van der Waals surface area contributed by atoms with Crippen molar-refractivity contribution in [1.29, 1.82) is 0 Å². The van der Waals surface area contributed by atoms with Gasteiger partial charge >= 0.3 is 0 Å². The summed E-state index contributed by atoms with van der Waals surface area (Å²) in [6.45, 7) is 3.76. The SMILES string of the molecule is COc1ccc(C(=O)N(CCN(C)C)Cc2nc[nH]c2C)cc1Cl. The minimum atomic E-state index is -0.0798. The highest BCUT2D eigenvalue weighted by molar-refractivity contribution is 6.32. The molecule has 1 heterocycles. The second-order valence-corrected chi connectivity index (χ2v) is 6.26. The fraction of sp³-hybridized carbons (Fsp3) is 0.412. The maximum atomic E-state index is 12.9. The first kappa shape index (κ1) is 18.3. The average molecular weight is 351 g/mol. The molecule has 0 bridgehead atoms. The van der Waals surface area contributed by atoms with Crippen molar-refractivity contribution in [2.24, 2.45) is 0 Å². The molecule has 0 spiro atoms. The molecule has 0 atom stereocenters. The first-order valence-corrected chi connectivity index (χ1v) is 8.06. The maximum Gasteiger partial charge on any atom is 0.254 e. The Hall–Kier alpha value is -2.05. The lowest BCUT2D eigenvalue weighted by molar-refractivity contribution is 0.0730. The number of hydrogen-bond acceptors (Lipinski definition) is 4. The first-order chi connectivity index (χ1) is 11.4. The van der Waals surface area contributed by atoms with Gasteiger partial charge in [0.15, 0.2) is 0 Å². The smallest absolute Gasteiger partial charge is 0.254 e. The predicted molar refractivity (Wildman–Crippen MR) is 94.6 cm³/mol. The number of carbonyl (C=O) groups excluding carboxylic acids is 1. The zero-order valence-electron chi connectivity index (χ0n) is 14.5. The second-order valence-electron chi connectivity index (χ2n) is 5.85. The number of amides is 1. The topological polar surface area (TPSA) is 61.5 Å². The lowest BCUT2D eigenvalue weighted by Gasteiger charge is -2.24. The fourth-order valence-electron chi connectivity index (χ4n) is 2.28. The van der Waals surface area contributed by atoms with E-state index < -0.39 is 0 Å². The highest BCUT2D eigenvalue weighted by Gasteiger charge is 2.19. The van der Waals surface area contributed by atoms with Crippen molar-refractivity contribution < 1.29 is 9.53 Å². The lowest BCUT2D eigenvalue weighted by Crippen LogP contribution is -2.36. The van der Waals surface area contributed by atoms with E-state index in [0.717, 1.165) is 17.9 Å². The van der Waals surface area contributed by atoms with Gasteiger partial charge in [0, 0.05) is 24.3 Å². The van der Waals surface area contributed by atoms with Crippen LogP contribution < -0.4 is 4.74 Å². The monoisotopic (exact) mass is 350 g/mol. The van der Waals surface area contributed by atoms with Gasteiger partial charge < -0.3 is 19.5 Å². The summed E-state index contributed by atoms with van der Waals surface area (Å²) >= 11 is 6.15. The Kier molecular flexibility index (Phi) is 6.23. The Bertz CT molecular complexity index is 700. The summed E-state index contributed by atoms with van der Waals surface area (Å²) < 4.78 is 5.14. The molecule has 1 aromatic heterocycles. The van der Waals surface area contributed by atoms with E-state index >= 15 is 0 Å². The van der Waals surface area contributed by atoms with Crippen LogP contribution >= 0.6 is 11.6 Å². The number of imidazole rings is 1. The van der Waals surface area contributed by atoms with Gasteiger partial charge in [-0.2, -0.15) is 0 Å². The third-order valence-electron chi connectivity index (χ3n) is 3.78. The summed E-state index contributed by atoms with van der Waals surface area (Å²) in [5, 5.41) is 0.423. The number of ether oxygens (including phenoxy) is 1. The van der Waals surface area contributed by atoms with Crippen molar-refractivity contribution in [2.45, 2.75) is 13.5 Å². The minimum Gasteiger partial charge on any atom is -0.495 e. The van der Waals surface area contributed by atoms with E-state index in [9.17, 15) is 4.79 Å². The molecule has 2 rings (SSSR count). The van der Waals surface area contributed by atoms with Gasteiger partial charge in [-0.1, -0.05) is 11.6 Å². The molecule has 0 unspecified atom stereocenters. The number of carbonyl (C=O) groups is 1. The highest BCUT2D eigenvalue weighted by atomic mass is 35.5. The zero-order valence-corrected chi connectivity index (χ0v) is 15.2. The standard InChI is InChI=1S/C17H23ClN4O2/c1-12-15(20-11-19-12)10-22(8-7-21(2)3)17(23)13-5-6-16(24-4)14(18)9-13/h5-6,9,11H,7-8,10H2,1-4H3,(H,19,20). The molecule has 0 fully saturated rings. The minimum absolute atomic E-state index is 0.0798. The van der Waals surface area contributed by atoms with Gasteiger partial charge in [0.2, 0.25) is 0 Å². The number of rotatable bonds is 7. The van der Waals surface area contributed by atoms with Gasteiger partial charge in [-0.15, -0.1) is 0 Å². The van der Waals surface area contributed by atoms with Crippen LogP contribution in [0.3, 0.4) is 0 Å². The number of benzene rings is 1. The van der Waals surface area contributed by atoms with Gasteiger partial charge in [0.05, 0.1) is 30.7 Å². The molecule has 7 heteroatoms. The van der Waals surface area contributed by atoms with Crippen LogP contribution in [0.15, 0.2) is 24.5 Å². The molecule has 0 aliphatic rings. The number of aromatic amines is 1.